The molecule has 0 spiro atoms. The molecule has 2 aromatic rings. The van der Waals surface area contributed by atoms with Crippen molar-refractivity contribution in [2.75, 3.05) is 62.9 Å². The number of morpholine rings is 1. The van der Waals surface area contributed by atoms with Crippen molar-refractivity contribution in [3.8, 4) is 5.75 Å². The number of piperidine rings is 1. The lowest BCUT2D eigenvalue weighted by molar-refractivity contribution is 0.0203. The largest absolute Gasteiger partial charge is 0.484 e. The normalized spacial score (nSPS) is 16.6. The Hall–Kier alpha value is -3.08. The van der Waals surface area contributed by atoms with Crippen LogP contribution >= 0.6 is 18.7 Å². The second-order valence-corrected chi connectivity index (χ2v) is 17.4. The fourth-order valence-electron chi connectivity index (χ4n) is 5.28. The summed E-state index contributed by atoms with van der Waals surface area (Å²) < 4.78 is 36.8. The minimum atomic E-state index is -3.06. The number of likely N-dealkylation sites (tertiary alicyclic amines) is 1. The zero-order valence-electron chi connectivity index (χ0n) is 28.1. The Labute approximate surface area is 276 Å². The summed E-state index contributed by atoms with van der Waals surface area (Å²) in [6.07, 6.45) is 1.84. The number of rotatable bonds is 7. The number of nitrogens with zero attached hydrogens (tertiary/aromatic N) is 4. The smallest absolute Gasteiger partial charge is 0.412 e. The van der Waals surface area contributed by atoms with Gasteiger partial charge in [-0.2, -0.15) is 0 Å². The molecule has 254 valence electrons. The molecule has 2 aliphatic heterocycles. The quantitative estimate of drug-likeness (QED) is 0.264. The fraction of sp³-hybridized carbons (Fsp3) is 0.625. The summed E-state index contributed by atoms with van der Waals surface area (Å²) in [4.78, 5) is 38.7. The Balaban J connectivity index is 1.68. The van der Waals surface area contributed by atoms with Crippen LogP contribution in [-0.4, -0.2) is 91.0 Å². The van der Waals surface area contributed by atoms with Crippen molar-refractivity contribution >= 4 is 47.7 Å². The van der Waals surface area contributed by atoms with Gasteiger partial charge in [0, 0.05) is 49.7 Å². The average Bonchev–Trinajstić information content (AvgIpc) is 2.94. The van der Waals surface area contributed by atoms with Crippen LogP contribution in [0.5, 0.6) is 5.75 Å². The third-order valence-electron chi connectivity index (χ3n) is 7.38. The Morgan fingerprint density at radius 1 is 1.04 bits per heavy atom. The number of amides is 2. The molecule has 1 N–H and O–H groups in total. The van der Waals surface area contributed by atoms with Crippen molar-refractivity contribution in [3.05, 3.63) is 34.7 Å². The van der Waals surface area contributed by atoms with Gasteiger partial charge in [0.2, 0.25) is 0 Å². The summed E-state index contributed by atoms with van der Waals surface area (Å²) in [5, 5.41) is 3.12. The van der Waals surface area contributed by atoms with E-state index >= 15 is 0 Å². The van der Waals surface area contributed by atoms with Crippen LogP contribution in [0.15, 0.2) is 18.3 Å². The van der Waals surface area contributed by atoms with E-state index in [0.717, 1.165) is 5.69 Å². The standard InChI is InChI=1S/C32H47ClN5O7P/c1-31(2,3)44-29(39)36-24-19-23(21-10-13-38(14-11-21)30(40)45-32(4,5)6)35-28(46(7,8)41)26(24)43-20-22-25(9-12-34-27(22)33)37-15-17-42-18-16-37/h9,12,19,21H,10-11,13-18,20H2,1-8H3,(H,35,36,39). The van der Waals surface area contributed by atoms with Crippen LogP contribution in [-0.2, 0) is 25.4 Å². The molecule has 2 saturated heterocycles. The summed E-state index contributed by atoms with van der Waals surface area (Å²) in [6, 6.07) is 3.63. The van der Waals surface area contributed by atoms with Gasteiger partial charge in [-0.1, -0.05) is 11.6 Å². The molecule has 46 heavy (non-hydrogen) atoms. The molecule has 0 aromatic carbocycles. The van der Waals surface area contributed by atoms with Gasteiger partial charge in [0.15, 0.2) is 5.75 Å². The second-order valence-electron chi connectivity index (χ2n) is 14.0. The van der Waals surface area contributed by atoms with E-state index in [9.17, 15) is 14.2 Å². The maximum absolute atomic E-state index is 13.8. The summed E-state index contributed by atoms with van der Waals surface area (Å²) in [6.45, 7) is 17.6. The van der Waals surface area contributed by atoms with E-state index in [1.807, 2.05) is 26.8 Å². The van der Waals surface area contributed by atoms with Crippen molar-refractivity contribution in [1.82, 2.24) is 14.9 Å². The van der Waals surface area contributed by atoms with Gasteiger partial charge < -0.3 is 33.3 Å². The fourth-order valence-corrected chi connectivity index (χ4v) is 6.52. The van der Waals surface area contributed by atoms with Crippen LogP contribution < -0.4 is 20.4 Å². The van der Waals surface area contributed by atoms with Gasteiger partial charge in [-0.25, -0.2) is 19.6 Å². The van der Waals surface area contributed by atoms with Crippen molar-refractivity contribution < 1.29 is 33.1 Å². The first-order chi connectivity index (χ1) is 21.4. The van der Waals surface area contributed by atoms with E-state index < -0.39 is 24.4 Å². The summed E-state index contributed by atoms with van der Waals surface area (Å²) in [5.74, 6) is 0.125. The molecule has 14 heteroatoms. The van der Waals surface area contributed by atoms with E-state index in [1.165, 1.54) is 0 Å². The van der Waals surface area contributed by atoms with E-state index in [2.05, 4.69) is 15.2 Å². The van der Waals surface area contributed by atoms with Gasteiger partial charge in [0.25, 0.3) is 0 Å². The SMILES string of the molecule is CC(C)(C)OC(=O)Nc1cc(C2CCN(C(=O)OC(C)(C)C)CC2)nc(P(C)(C)=O)c1OCc1c(N2CCOCC2)ccnc1Cl. The van der Waals surface area contributed by atoms with E-state index in [4.69, 9.17) is 35.5 Å². The number of carbonyl (C=O) groups is 2. The maximum Gasteiger partial charge on any atom is 0.412 e. The second kappa shape index (κ2) is 14.4. The number of ether oxygens (including phenoxy) is 4. The summed E-state index contributed by atoms with van der Waals surface area (Å²) in [5.41, 5.74) is 1.37. The Morgan fingerprint density at radius 3 is 2.26 bits per heavy atom. The van der Waals surface area contributed by atoms with Gasteiger partial charge in [-0.05, 0) is 79.8 Å². The highest BCUT2D eigenvalue weighted by Crippen LogP contribution is 2.43. The van der Waals surface area contributed by atoms with Crippen molar-refractivity contribution in [2.45, 2.75) is 78.1 Å². The number of nitrogens with one attached hydrogen (secondary N) is 1. The van der Waals surface area contributed by atoms with Crippen molar-refractivity contribution in [2.24, 2.45) is 0 Å². The number of anilines is 2. The predicted molar refractivity (Wildman–Crippen MR) is 180 cm³/mol. The molecule has 0 atom stereocenters. The van der Waals surface area contributed by atoms with Crippen LogP contribution in [0.1, 0.15) is 71.6 Å². The van der Waals surface area contributed by atoms with Crippen LogP contribution in [0.4, 0.5) is 21.0 Å². The molecule has 2 fully saturated rings. The molecule has 4 rings (SSSR count). The van der Waals surface area contributed by atoms with Crippen LogP contribution in [0.3, 0.4) is 0 Å². The van der Waals surface area contributed by atoms with Crippen molar-refractivity contribution in [3.63, 3.8) is 0 Å². The third-order valence-corrected chi connectivity index (χ3v) is 9.03. The Kier molecular flexibility index (Phi) is 11.2. The minimum Gasteiger partial charge on any atom is -0.484 e. The molecule has 0 aliphatic carbocycles. The van der Waals surface area contributed by atoms with Crippen LogP contribution in [0.25, 0.3) is 0 Å². The molecular weight excluding hydrogens is 633 g/mol. The Bertz CT molecular complexity index is 1460. The summed E-state index contributed by atoms with van der Waals surface area (Å²) in [7, 11) is -3.06. The highest BCUT2D eigenvalue weighted by atomic mass is 35.5. The average molecular weight is 680 g/mol. The van der Waals surface area contributed by atoms with Crippen molar-refractivity contribution in [1.29, 1.82) is 0 Å². The van der Waals surface area contributed by atoms with Crippen LogP contribution in [0, 0.1) is 0 Å². The number of pyridine rings is 2. The molecule has 2 aromatic heterocycles. The number of carbonyl (C=O) groups excluding carboxylic acids is 2. The van der Waals surface area contributed by atoms with E-state index in [-0.39, 0.29) is 35.0 Å². The van der Waals surface area contributed by atoms with Gasteiger partial charge in [-0.15, -0.1) is 0 Å². The lowest BCUT2D eigenvalue weighted by atomic mass is 9.93. The molecule has 0 radical (unpaired) electrons. The first kappa shape index (κ1) is 35.8. The van der Waals surface area contributed by atoms with Gasteiger partial charge in [0.1, 0.15) is 35.5 Å². The van der Waals surface area contributed by atoms with E-state index in [1.54, 1.807) is 51.3 Å². The number of hydrogen-bond donors (Lipinski definition) is 1. The molecule has 12 nitrogen and oxygen atoms in total. The molecule has 2 aliphatic rings. The lowest BCUT2D eigenvalue weighted by Crippen LogP contribution is -2.41. The van der Waals surface area contributed by atoms with Gasteiger partial charge >= 0.3 is 12.2 Å². The third kappa shape index (κ3) is 9.72. The zero-order chi connectivity index (χ0) is 33.9. The maximum atomic E-state index is 13.8. The predicted octanol–water partition coefficient (Wildman–Crippen LogP) is 6.26. The minimum absolute atomic E-state index is 0.00926. The van der Waals surface area contributed by atoms with Gasteiger partial charge in [-0.3, -0.25) is 5.32 Å². The molecule has 0 unspecified atom stereocenters. The molecule has 0 bridgehead atoms. The summed E-state index contributed by atoms with van der Waals surface area (Å²) >= 11 is 6.59. The molecule has 4 heterocycles. The molecule has 2 amide bonds. The monoisotopic (exact) mass is 679 g/mol. The first-order valence-electron chi connectivity index (χ1n) is 15.6. The Morgan fingerprint density at radius 2 is 1.67 bits per heavy atom. The topological polar surface area (TPSA) is 132 Å². The number of halogens is 1. The first-order valence-corrected chi connectivity index (χ1v) is 18.6. The van der Waals surface area contributed by atoms with Crippen LogP contribution in [0.2, 0.25) is 5.15 Å². The lowest BCUT2D eigenvalue weighted by Gasteiger charge is -2.33. The highest BCUT2D eigenvalue weighted by Gasteiger charge is 2.32. The molecular formula is C32H47ClN5O7P. The highest BCUT2D eigenvalue weighted by molar-refractivity contribution is 7.70. The van der Waals surface area contributed by atoms with E-state index in [0.29, 0.717) is 69.2 Å². The number of hydrogen-bond acceptors (Lipinski definition) is 10. The number of aromatic nitrogens is 2. The zero-order valence-corrected chi connectivity index (χ0v) is 29.8. The van der Waals surface area contributed by atoms with Gasteiger partial charge in [0.05, 0.1) is 24.5 Å². The molecule has 0 saturated carbocycles.